The molecule has 0 radical (unpaired) electrons. The van der Waals surface area contributed by atoms with Crippen molar-refractivity contribution in [3.8, 4) is 5.75 Å². The number of nitrogens with zero attached hydrogens (tertiary/aromatic N) is 1. The predicted octanol–water partition coefficient (Wildman–Crippen LogP) is 2.89. The summed E-state index contributed by atoms with van der Waals surface area (Å²) in [5.41, 5.74) is 9.26. The molecule has 1 aliphatic rings. The number of carbonyl (C=O) groups excluding carboxylic acids is 3. The highest BCUT2D eigenvalue weighted by Gasteiger charge is 2.36. The molecule has 3 atom stereocenters. The molecule has 0 saturated carbocycles. The maximum Gasteiger partial charge on any atom is 0.347 e. The van der Waals surface area contributed by atoms with E-state index >= 15 is 0 Å². The summed E-state index contributed by atoms with van der Waals surface area (Å²) in [5.74, 6) is -0.204. The molecule has 0 spiro atoms. The molecule has 36 heavy (non-hydrogen) atoms. The molecular formula is C28H37N3O5. The van der Waals surface area contributed by atoms with Gasteiger partial charge < -0.3 is 25.4 Å². The van der Waals surface area contributed by atoms with Gasteiger partial charge in [0.2, 0.25) is 11.8 Å². The molecule has 1 heterocycles. The van der Waals surface area contributed by atoms with Crippen molar-refractivity contribution in [2.24, 2.45) is 5.73 Å². The van der Waals surface area contributed by atoms with Gasteiger partial charge in [0, 0.05) is 13.1 Å². The number of nitrogens with two attached hydrogens (primary N) is 1. The first-order valence-corrected chi connectivity index (χ1v) is 12.6. The van der Waals surface area contributed by atoms with Gasteiger partial charge in [-0.15, -0.1) is 0 Å². The van der Waals surface area contributed by atoms with E-state index in [2.05, 4.69) is 5.32 Å². The van der Waals surface area contributed by atoms with E-state index in [0.717, 1.165) is 23.1 Å². The van der Waals surface area contributed by atoms with Crippen LogP contribution in [0.15, 0.2) is 48.5 Å². The first kappa shape index (κ1) is 27.2. The fourth-order valence-corrected chi connectivity index (χ4v) is 4.27. The Labute approximate surface area is 213 Å². The van der Waals surface area contributed by atoms with Crippen LogP contribution in [0.25, 0.3) is 0 Å². The molecular weight excluding hydrogens is 458 g/mol. The quantitative estimate of drug-likeness (QED) is 0.464. The molecule has 3 N–H and O–H groups in total. The number of amides is 2. The van der Waals surface area contributed by atoms with Crippen LogP contribution in [-0.4, -0.2) is 54.0 Å². The first-order valence-electron chi connectivity index (χ1n) is 12.6. The van der Waals surface area contributed by atoms with Crippen molar-refractivity contribution in [1.29, 1.82) is 0 Å². The Kier molecular flexibility index (Phi) is 9.87. The summed E-state index contributed by atoms with van der Waals surface area (Å²) in [4.78, 5) is 39.5. The molecule has 1 aliphatic heterocycles. The molecule has 2 amide bonds. The summed E-state index contributed by atoms with van der Waals surface area (Å²) in [5, 5.41) is 2.94. The largest absolute Gasteiger partial charge is 0.479 e. The average Bonchev–Trinajstić information content (AvgIpc) is 3.37. The number of aryl methyl sites for hydroxylation is 1. The van der Waals surface area contributed by atoms with E-state index in [1.807, 2.05) is 50.2 Å². The lowest BCUT2D eigenvalue weighted by Crippen LogP contribution is -2.51. The highest BCUT2D eigenvalue weighted by molar-refractivity contribution is 5.90. The lowest BCUT2D eigenvalue weighted by molar-refractivity contribution is -0.151. The number of nitrogens with one attached hydrogen (secondary N) is 1. The maximum atomic E-state index is 13.0. The SMILES string of the molecule is CCOC(=O)C(CC)Oc1ccc(CNC(=O)[C@@H]2CCCN2C(=O)[C@@H](N)Cc2ccc(C)cc2)cc1. The lowest BCUT2D eigenvalue weighted by atomic mass is 10.0. The Balaban J connectivity index is 1.52. The second-order valence-corrected chi connectivity index (χ2v) is 9.11. The summed E-state index contributed by atoms with van der Waals surface area (Å²) in [6, 6.07) is 14.0. The lowest BCUT2D eigenvalue weighted by Gasteiger charge is -2.27. The second kappa shape index (κ2) is 13.1. The molecule has 3 rings (SSSR count). The minimum Gasteiger partial charge on any atom is -0.479 e. The zero-order valence-corrected chi connectivity index (χ0v) is 21.4. The van der Waals surface area contributed by atoms with Crippen LogP contribution in [-0.2, 0) is 32.1 Å². The molecule has 8 heteroatoms. The number of benzene rings is 2. The summed E-state index contributed by atoms with van der Waals surface area (Å²) >= 11 is 0. The van der Waals surface area contributed by atoms with Gasteiger partial charge in [0.05, 0.1) is 12.6 Å². The van der Waals surface area contributed by atoms with Crippen LogP contribution in [0.3, 0.4) is 0 Å². The highest BCUT2D eigenvalue weighted by Crippen LogP contribution is 2.20. The number of hydrogen-bond acceptors (Lipinski definition) is 6. The molecule has 2 aromatic carbocycles. The molecule has 1 unspecified atom stereocenters. The minimum atomic E-state index is -0.685. The first-order chi connectivity index (χ1) is 17.3. The van der Waals surface area contributed by atoms with Gasteiger partial charge in [-0.2, -0.15) is 0 Å². The van der Waals surface area contributed by atoms with Crippen LogP contribution in [0.5, 0.6) is 5.75 Å². The van der Waals surface area contributed by atoms with Crippen LogP contribution in [0.2, 0.25) is 0 Å². The monoisotopic (exact) mass is 495 g/mol. The van der Waals surface area contributed by atoms with Gasteiger partial charge in [0.25, 0.3) is 0 Å². The zero-order valence-electron chi connectivity index (χ0n) is 21.4. The Morgan fingerprint density at radius 1 is 1.06 bits per heavy atom. The van der Waals surface area contributed by atoms with Crippen molar-refractivity contribution in [2.75, 3.05) is 13.2 Å². The van der Waals surface area contributed by atoms with E-state index in [1.165, 1.54) is 0 Å². The van der Waals surface area contributed by atoms with Crippen molar-refractivity contribution < 1.29 is 23.9 Å². The van der Waals surface area contributed by atoms with E-state index in [0.29, 0.717) is 44.7 Å². The van der Waals surface area contributed by atoms with Gasteiger partial charge in [-0.25, -0.2) is 4.79 Å². The van der Waals surface area contributed by atoms with Gasteiger partial charge in [-0.1, -0.05) is 48.9 Å². The Hall–Kier alpha value is -3.39. The third-order valence-electron chi connectivity index (χ3n) is 6.32. The number of hydrogen-bond donors (Lipinski definition) is 2. The Morgan fingerprint density at radius 3 is 2.36 bits per heavy atom. The van der Waals surface area contributed by atoms with Gasteiger partial charge in [-0.3, -0.25) is 9.59 Å². The highest BCUT2D eigenvalue weighted by atomic mass is 16.6. The molecule has 2 aromatic rings. The maximum absolute atomic E-state index is 13.0. The van der Waals surface area contributed by atoms with Crippen LogP contribution in [0.4, 0.5) is 0 Å². The molecule has 0 bridgehead atoms. The molecule has 194 valence electrons. The number of ether oxygens (including phenoxy) is 2. The normalized spacial score (nSPS) is 16.8. The topological polar surface area (TPSA) is 111 Å². The smallest absolute Gasteiger partial charge is 0.347 e. The van der Waals surface area contributed by atoms with Crippen molar-refractivity contribution in [3.05, 3.63) is 65.2 Å². The Bertz CT molecular complexity index is 1020. The molecule has 1 saturated heterocycles. The van der Waals surface area contributed by atoms with Gasteiger partial charge in [0.1, 0.15) is 11.8 Å². The third-order valence-corrected chi connectivity index (χ3v) is 6.32. The van der Waals surface area contributed by atoms with Crippen LogP contribution in [0.1, 0.15) is 49.8 Å². The summed E-state index contributed by atoms with van der Waals surface area (Å²) in [6.07, 6.45) is 1.67. The molecule has 0 aliphatic carbocycles. The minimum absolute atomic E-state index is 0.183. The molecule has 8 nitrogen and oxygen atoms in total. The van der Waals surface area contributed by atoms with E-state index < -0.39 is 18.2 Å². The second-order valence-electron chi connectivity index (χ2n) is 9.11. The number of carbonyl (C=O) groups is 3. The molecule has 0 aromatic heterocycles. The summed E-state index contributed by atoms with van der Waals surface area (Å²) in [6.45, 7) is 6.79. The average molecular weight is 496 g/mol. The van der Waals surface area contributed by atoms with E-state index in [-0.39, 0.29) is 17.8 Å². The van der Waals surface area contributed by atoms with Crippen LogP contribution >= 0.6 is 0 Å². The van der Waals surface area contributed by atoms with Crippen LogP contribution < -0.4 is 15.8 Å². The number of rotatable bonds is 11. The van der Waals surface area contributed by atoms with E-state index in [4.69, 9.17) is 15.2 Å². The van der Waals surface area contributed by atoms with Crippen molar-refractivity contribution >= 4 is 17.8 Å². The standard InChI is InChI=1S/C28H37N3O5/c1-4-25(28(34)35-5-2)36-22-14-12-21(13-15-22)18-30-26(32)24-7-6-16-31(24)27(33)23(29)17-20-10-8-19(3)9-11-20/h8-15,23-25H,4-7,16-18,29H2,1-3H3,(H,30,32)/t23-,24-,25?/m0/s1. The van der Waals surface area contributed by atoms with E-state index in [1.54, 1.807) is 24.0 Å². The van der Waals surface area contributed by atoms with Crippen molar-refractivity contribution in [2.45, 2.75) is 71.2 Å². The van der Waals surface area contributed by atoms with Gasteiger partial charge in [0.15, 0.2) is 6.10 Å². The van der Waals surface area contributed by atoms with Crippen molar-refractivity contribution in [1.82, 2.24) is 10.2 Å². The van der Waals surface area contributed by atoms with Gasteiger partial charge in [-0.05, 0) is 62.8 Å². The molecule has 1 fully saturated rings. The Morgan fingerprint density at radius 2 is 1.72 bits per heavy atom. The van der Waals surface area contributed by atoms with E-state index in [9.17, 15) is 14.4 Å². The van der Waals surface area contributed by atoms with Crippen LogP contribution in [0, 0.1) is 6.92 Å². The fourth-order valence-electron chi connectivity index (χ4n) is 4.27. The summed E-state index contributed by atoms with van der Waals surface area (Å²) in [7, 11) is 0. The zero-order chi connectivity index (χ0) is 26.1. The fraction of sp³-hybridized carbons (Fsp3) is 0.464. The number of likely N-dealkylation sites (tertiary alicyclic amines) is 1. The summed E-state index contributed by atoms with van der Waals surface area (Å²) < 4.78 is 10.8. The predicted molar refractivity (Wildman–Crippen MR) is 137 cm³/mol. The van der Waals surface area contributed by atoms with Crippen molar-refractivity contribution in [3.63, 3.8) is 0 Å². The third kappa shape index (κ3) is 7.31. The van der Waals surface area contributed by atoms with Gasteiger partial charge >= 0.3 is 5.97 Å². The number of esters is 1.